The van der Waals surface area contributed by atoms with Crippen LogP contribution < -0.4 is 0 Å². The summed E-state index contributed by atoms with van der Waals surface area (Å²) >= 11 is 6.62. The van der Waals surface area contributed by atoms with Crippen LogP contribution in [0.2, 0.25) is 0 Å². The first kappa shape index (κ1) is 14.7. The molecule has 0 spiro atoms. The highest BCUT2D eigenvalue weighted by molar-refractivity contribution is 14.1. The molecule has 0 fully saturated rings. The fourth-order valence-corrected chi connectivity index (χ4v) is 5.73. The lowest BCUT2D eigenvalue weighted by atomic mass is 9.96. The van der Waals surface area contributed by atoms with Crippen molar-refractivity contribution in [3.8, 4) is 0 Å². The Labute approximate surface area is 135 Å². The van der Waals surface area contributed by atoms with E-state index >= 15 is 0 Å². The predicted molar refractivity (Wildman–Crippen MR) is 89.8 cm³/mol. The summed E-state index contributed by atoms with van der Waals surface area (Å²) < 4.78 is 3.13. The van der Waals surface area contributed by atoms with E-state index in [2.05, 4.69) is 74.4 Å². The van der Waals surface area contributed by atoms with E-state index in [4.69, 9.17) is 0 Å². The lowest BCUT2D eigenvalue weighted by Gasteiger charge is -2.15. The quantitative estimate of drug-likeness (QED) is 0.447. The summed E-state index contributed by atoms with van der Waals surface area (Å²) in [5.74, 6) is -1.29. The van der Waals surface area contributed by atoms with E-state index < -0.39 is 11.9 Å². The topological polar surface area (TPSA) is 37.3 Å². The van der Waals surface area contributed by atoms with Gasteiger partial charge in [0.05, 0.1) is 5.92 Å². The van der Waals surface area contributed by atoms with Gasteiger partial charge in [-0.15, -0.1) is 6.58 Å². The Morgan fingerprint density at radius 3 is 2.25 bits per heavy atom. The summed E-state index contributed by atoms with van der Waals surface area (Å²) in [6.07, 6.45) is 2.12. The van der Waals surface area contributed by atoms with Gasteiger partial charge in [0.2, 0.25) is 0 Å². The maximum Gasteiger partial charge on any atom is 0.311 e. The molecule has 1 N–H and O–H groups in total. The Hall–Kier alpha value is 0.620. The average molecular weight is 554 g/mol. The molecule has 0 heterocycles. The number of hydrogen-bond donors (Lipinski definition) is 1. The number of aliphatic carboxylic acids is 1. The molecule has 0 aliphatic carbocycles. The van der Waals surface area contributed by atoms with Crippen molar-refractivity contribution in [2.75, 3.05) is 0 Å². The van der Waals surface area contributed by atoms with E-state index in [0.717, 1.165) is 16.3 Å². The number of carboxylic acid groups (broad SMARTS) is 1. The van der Waals surface area contributed by atoms with Crippen LogP contribution in [-0.4, -0.2) is 11.1 Å². The molecule has 16 heavy (non-hydrogen) atoms. The second-order valence-corrected chi connectivity index (χ2v) is 6.77. The van der Waals surface area contributed by atoms with E-state index in [1.165, 1.54) is 0 Å². The number of hydrogen-bond acceptors (Lipinski definition) is 1. The zero-order valence-electron chi connectivity index (χ0n) is 8.21. The maximum absolute atomic E-state index is 11.2. The molecular weight excluding hydrogens is 545 g/mol. The zero-order chi connectivity index (χ0) is 12.3. The lowest BCUT2D eigenvalue weighted by molar-refractivity contribution is -0.138. The van der Waals surface area contributed by atoms with Crippen LogP contribution in [0, 0.1) is 10.7 Å². The smallest absolute Gasteiger partial charge is 0.311 e. The number of allylic oxidation sites excluding steroid dienone is 1. The normalized spacial score (nSPS) is 12.2. The van der Waals surface area contributed by atoms with Crippen LogP contribution >= 0.6 is 67.8 Å². The first-order valence-electron chi connectivity index (χ1n) is 4.45. The number of carbonyl (C=O) groups is 1. The molecule has 0 saturated carbocycles. The van der Waals surface area contributed by atoms with Gasteiger partial charge in [-0.3, -0.25) is 4.79 Å². The van der Waals surface area contributed by atoms with Crippen molar-refractivity contribution in [3.63, 3.8) is 0 Å². The molecule has 0 aliphatic rings. The van der Waals surface area contributed by atoms with Gasteiger partial charge in [0.15, 0.2) is 0 Å². The standard InChI is InChI=1S/C11H9I3O2/c1-2-3-7(11(15)16)10-8(13)4-6(12)5-9(10)14/h2,4-5,7H,1,3H2,(H,15,16). The van der Waals surface area contributed by atoms with Gasteiger partial charge in [-0.2, -0.15) is 0 Å². The molecule has 1 aromatic rings. The van der Waals surface area contributed by atoms with Gasteiger partial charge in [-0.1, -0.05) is 6.08 Å². The Bertz CT molecular complexity index is 406. The molecule has 0 aliphatic heterocycles. The third-order valence-electron chi connectivity index (χ3n) is 2.09. The molecule has 5 heteroatoms. The molecular formula is C11H9I3O2. The van der Waals surface area contributed by atoms with Gasteiger partial charge in [0.1, 0.15) is 0 Å². The van der Waals surface area contributed by atoms with Crippen LogP contribution in [0.4, 0.5) is 0 Å². The van der Waals surface area contributed by atoms with Crippen molar-refractivity contribution in [2.24, 2.45) is 0 Å². The van der Waals surface area contributed by atoms with E-state index in [0.29, 0.717) is 6.42 Å². The van der Waals surface area contributed by atoms with Crippen molar-refractivity contribution in [2.45, 2.75) is 12.3 Å². The highest BCUT2D eigenvalue weighted by Gasteiger charge is 2.23. The Kier molecular flexibility index (Phi) is 5.99. The Morgan fingerprint density at radius 2 is 1.88 bits per heavy atom. The van der Waals surface area contributed by atoms with Gasteiger partial charge in [-0.25, -0.2) is 0 Å². The van der Waals surface area contributed by atoms with Gasteiger partial charge in [0, 0.05) is 10.7 Å². The minimum absolute atomic E-state index is 0.460. The molecule has 0 aromatic heterocycles. The lowest BCUT2D eigenvalue weighted by Crippen LogP contribution is -2.14. The van der Waals surface area contributed by atoms with Gasteiger partial charge in [0.25, 0.3) is 0 Å². The van der Waals surface area contributed by atoms with Gasteiger partial charge < -0.3 is 5.11 Å². The minimum Gasteiger partial charge on any atom is -0.481 e. The van der Waals surface area contributed by atoms with Gasteiger partial charge in [-0.05, 0) is 91.9 Å². The second-order valence-electron chi connectivity index (χ2n) is 3.20. The molecule has 0 amide bonds. The van der Waals surface area contributed by atoms with Crippen molar-refractivity contribution < 1.29 is 9.90 Å². The zero-order valence-corrected chi connectivity index (χ0v) is 14.7. The van der Waals surface area contributed by atoms with Crippen LogP contribution in [0.15, 0.2) is 24.8 Å². The van der Waals surface area contributed by atoms with E-state index in [1.807, 2.05) is 12.1 Å². The van der Waals surface area contributed by atoms with Crippen molar-refractivity contribution >= 4 is 73.7 Å². The van der Waals surface area contributed by atoms with Crippen molar-refractivity contribution in [1.29, 1.82) is 0 Å². The SMILES string of the molecule is C=CCC(C(=O)O)c1c(I)cc(I)cc1I. The molecule has 0 saturated heterocycles. The van der Waals surface area contributed by atoms with Crippen LogP contribution in [0.3, 0.4) is 0 Å². The highest BCUT2D eigenvalue weighted by Crippen LogP contribution is 2.31. The molecule has 1 unspecified atom stereocenters. The second kappa shape index (κ2) is 6.53. The maximum atomic E-state index is 11.2. The summed E-state index contributed by atoms with van der Waals surface area (Å²) in [5, 5.41) is 9.22. The van der Waals surface area contributed by atoms with E-state index in [9.17, 15) is 9.90 Å². The number of rotatable bonds is 4. The molecule has 1 atom stereocenters. The molecule has 86 valence electrons. The van der Waals surface area contributed by atoms with E-state index in [1.54, 1.807) is 6.08 Å². The van der Waals surface area contributed by atoms with Crippen LogP contribution in [-0.2, 0) is 4.79 Å². The monoisotopic (exact) mass is 554 g/mol. The minimum atomic E-state index is -0.794. The molecule has 2 nitrogen and oxygen atoms in total. The molecule has 0 bridgehead atoms. The third kappa shape index (κ3) is 3.56. The predicted octanol–water partition coefficient (Wildman–Crippen LogP) is 4.24. The summed E-state index contributed by atoms with van der Waals surface area (Å²) in [6.45, 7) is 3.62. The number of carboxylic acids is 1. The summed E-state index contributed by atoms with van der Waals surface area (Å²) in [7, 11) is 0. The van der Waals surface area contributed by atoms with E-state index in [-0.39, 0.29) is 0 Å². The number of halogens is 3. The summed E-state index contributed by atoms with van der Waals surface area (Å²) in [6, 6.07) is 4.00. The average Bonchev–Trinajstić information content (AvgIpc) is 2.14. The number of benzene rings is 1. The first-order valence-corrected chi connectivity index (χ1v) is 7.69. The fourth-order valence-electron chi connectivity index (χ4n) is 1.40. The molecule has 1 rings (SSSR count). The van der Waals surface area contributed by atoms with Gasteiger partial charge >= 0.3 is 5.97 Å². The third-order valence-corrected chi connectivity index (χ3v) is 4.50. The van der Waals surface area contributed by atoms with Crippen LogP contribution in [0.5, 0.6) is 0 Å². The largest absolute Gasteiger partial charge is 0.481 e. The summed E-state index contributed by atoms with van der Waals surface area (Å²) in [5.41, 5.74) is 0.897. The Balaban J connectivity index is 3.28. The van der Waals surface area contributed by atoms with Crippen LogP contribution in [0.1, 0.15) is 17.9 Å². The Morgan fingerprint density at radius 1 is 1.38 bits per heavy atom. The summed E-state index contributed by atoms with van der Waals surface area (Å²) in [4.78, 5) is 11.2. The molecule has 0 radical (unpaired) electrons. The van der Waals surface area contributed by atoms with Crippen molar-refractivity contribution in [1.82, 2.24) is 0 Å². The van der Waals surface area contributed by atoms with Crippen molar-refractivity contribution in [3.05, 3.63) is 41.1 Å². The highest BCUT2D eigenvalue weighted by atomic mass is 127. The van der Waals surface area contributed by atoms with Crippen LogP contribution in [0.25, 0.3) is 0 Å². The molecule has 1 aromatic carbocycles. The fraction of sp³-hybridized carbons (Fsp3) is 0.182. The first-order chi connectivity index (χ1) is 7.47.